The summed E-state index contributed by atoms with van der Waals surface area (Å²) < 4.78 is 98.7. The standard InChI is InChI=1S/C48H46F6S/c1-7-31-11-19-35(20-12-31)29(5)27-39-30(6)45(37-23-15-33(9-3)16-24-37,38-25-17-34(10-4)18-26-38)44-40(28-41(55-44)36-21-13-32(8-2)14-22-36)43-42(39)46(49,50)48(53,54)47(43,51)52/h11-17,19-28,34H,7-10,18H2,1-6H3/b29-27+. The van der Waals surface area contributed by atoms with Gasteiger partial charge in [-0.25, -0.2) is 0 Å². The minimum atomic E-state index is -5.68. The van der Waals surface area contributed by atoms with Crippen molar-refractivity contribution < 1.29 is 26.3 Å². The predicted molar refractivity (Wildman–Crippen MR) is 215 cm³/mol. The summed E-state index contributed by atoms with van der Waals surface area (Å²) in [5, 5.41) is 0. The SMILES string of the molecule is CCc1ccc(/C(C)=C/C2=C(C)C(C3=CCC(CC)C=C3)(c3ccc(CC)cc3)c3sc(-c4ccc(CC)cc4)cc3C3=C2C(F)(F)C(F)(F)C3(F)F)cc1. The van der Waals surface area contributed by atoms with Crippen molar-refractivity contribution in [3.8, 4) is 10.4 Å². The predicted octanol–water partition coefficient (Wildman–Crippen LogP) is 14.4. The highest BCUT2D eigenvalue weighted by molar-refractivity contribution is 7.16. The first-order valence-corrected chi connectivity index (χ1v) is 20.1. The Morgan fingerprint density at radius 3 is 1.82 bits per heavy atom. The van der Waals surface area contributed by atoms with Gasteiger partial charge in [-0.2, -0.15) is 26.3 Å². The van der Waals surface area contributed by atoms with Crippen molar-refractivity contribution in [2.75, 3.05) is 0 Å². The highest BCUT2D eigenvalue weighted by Gasteiger charge is 2.81. The number of rotatable bonds is 9. The van der Waals surface area contributed by atoms with Crippen LogP contribution >= 0.6 is 11.3 Å². The highest BCUT2D eigenvalue weighted by Crippen LogP contribution is 2.68. The summed E-state index contributed by atoms with van der Waals surface area (Å²) in [5.74, 6) is -15.8. The third-order valence-electron chi connectivity index (χ3n) is 12.0. The number of benzene rings is 3. The number of aryl methyl sites for hydroxylation is 3. The Kier molecular flexibility index (Phi) is 10.1. The third kappa shape index (κ3) is 5.95. The molecule has 0 fully saturated rings. The van der Waals surface area contributed by atoms with Crippen molar-refractivity contribution in [2.24, 2.45) is 5.92 Å². The van der Waals surface area contributed by atoms with Crippen molar-refractivity contribution in [1.82, 2.24) is 0 Å². The molecule has 0 N–H and O–H groups in total. The Morgan fingerprint density at radius 2 is 1.29 bits per heavy atom. The van der Waals surface area contributed by atoms with Crippen LogP contribution in [0.15, 0.2) is 125 Å². The molecule has 4 aromatic rings. The summed E-state index contributed by atoms with van der Waals surface area (Å²) in [6.07, 6.45) is 11.5. The van der Waals surface area contributed by atoms with E-state index < -0.39 is 34.3 Å². The number of halogens is 6. The van der Waals surface area contributed by atoms with Crippen LogP contribution in [0.25, 0.3) is 21.6 Å². The number of fused-ring (bicyclic) bond motifs is 2. The Morgan fingerprint density at radius 1 is 0.745 bits per heavy atom. The molecule has 0 aliphatic heterocycles. The molecule has 55 heavy (non-hydrogen) atoms. The molecule has 0 bridgehead atoms. The maximum absolute atomic E-state index is 16.7. The van der Waals surface area contributed by atoms with E-state index in [1.54, 1.807) is 13.8 Å². The van der Waals surface area contributed by atoms with E-state index in [1.165, 1.54) is 23.5 Å². The number of allylic oxidation sites excluding steroid dienone is 10. The largest absolute Gasteiger partial charge is 0.380 e. The summed E-state index contributed by atoms with van der Waals surface area (Å²) in [6, 6.07) is 24.5. The van der Waals surface area contributed by atoms with E-state index in [2.05, 4.69) is 19.1 Å². The van der Waals surface area contributed by atoms with Crippen molar-refractivity contribution in [2.45, 2.75) is 96.8 Å². The van der Waals surface area contributed by atoms with Gasteiger partial charge in [-0.05, 0) is 114 Å². The lowest BCUT2D eigenvalue weighted by molar-refractivity contribution is -0.259. The molecule has 286 valence electrons. The number of hydrogen-bond donors (Lipinski definition) is 0. The topological polar surface area (TPSA) is 0 Å². The fourth-order valence-electron chi connectivity index (χ4n) is 8.48. The average Bonchev–Trinajstić information content (AvgIpc) is 3.64. The second-order valence-electron chi connectivity index (χ2n) is 15.0. The van der Waals surface area contributed by atoms with E-state index in [1.807, 2.05) is 99.6 Å². The van der Waals surface area contributed by atoms with Gasteiger partial charge in [0.05, 0.1) is 5.41 Å². The normalized spacial score (nSPS) is 22.7. The van der Waals surface area contributed by atoms with Crippen LogP contribution in [0.2, 0.25) is 0 Å². The lowest BCUT2D eigenvalue weighted by Gasteiger charge is -2.40. The second kappa shape index (κ2) is 14.3. The summed E-state index contributed by atoms with van der Waals surface area (Å²) >= 11 is 1.22. The molecular weight excluding hydrogens is 723 g/mol. The fourth-order valence-corrected chi connectivity index (χ4v) is 9.94. The van der Waals surface area contributed by atoms with Crippen LogP contribution in [-0.4, -0.2) is 17.8 Å². The Bertz CT molecular complexity index is 2260. The van der Waals surface area contributed by atoms with Gasteiger partial charge in [0, 0.05) is 26.5 Å². The molecule has 0 saturated carbocycles. The molecule has 7 heteroatoms. The molecule has 3 aliphatic carbocycles. The third-order valence-corrected chi connectivity index (χ3v) is 13.3. The first-order chi connectivity index (χ1) is 26.2. The van der Waals surface area contributed by atoms with Crippen LogP contribution in [0.3, 0.4) is 0 Å². The molecule has 7 rings (SSSR count). The smallest absolute Gasteiger partial charge is 0.194 e. The number of thiophene rings is 1. The van der Waals surface area contributed by atoms with Crippen LogP contribution in [0.4, 0.5) is 26.3 Å². The molecule has 1 heterocycles. The minimum absolute atomic E-state index is 0.233. The monoisotopic (exact) mass is 768 g/mol. The first-order valence-electron chi connectivity index (χ1n) is 19.3. The molecule has 0 saturated heterocycles. The summed E-state index contributed by atoms with van der Waals surface area (Å²) in [6.45, 7) is 11.6. The molecule has 0 spiro atoms. The minimum Gasteiger partial charge on any atom is -0.194 e. The lowest BCUT2D eigenvalue weighted by atomic mass is 9.64. The summed E-state index contributed by atoms with van der Waals surface area (Å²) in [7, 11) is 0. The maximum atomic E-state index is 16.7. The van der Waals surface area contributed by atoms with E-state index >= 15 is 26.3 Å². The Balaban J connectivity index is 1.66. The van der Waals surface area contributed by atoms with Gasteiger partial charge < -0.3 is 0 Å². The Hall–Kier alpha value is -4.36. The van der Waals surface area contributed by atoms with Crippen molar-refractivity contribution >= 4 is 22.5 Å². The molecular formula is C48H46F6S. The van der Waals surface area contributed by atoms with E-state index in [9.17, 15) is 0 Å². The molecule has 3 aliphatic rings. The van der Waals surface area contributed by atoms with Crippen molar-refractivity contribution in [1.29, 1.82) is 0 Å². The number of hydrogen-bond acceptors (Lipinski definition) is 1. The van der Waals surface area contributed by atoms with Gasteiger partial charge in [0.1, 0.15) is 0 Å². The van der Waals surface area contributed by atoms with Gasteiger partial charge in [0.15, 0.2) is 0 Å². The molecule has 0 nitrogen and oxygen atoms in total. The van der Waals surface area contributed by atoms with E-state index in [4.69, 9.17) is 0 Å². The fraction of sp³-hybridized carbons (Fsp3) is 0.333. The molecule has 3 aromatic carbocycles. The van der Waals surface area contributed by atoms with Crippen LogP contribution in [0.1, 0.15) is 92.6 Å². The zero-order chi connectivity index (χ0) is 39.5. The Labute approximate surface area is 324 Å². The first kappa shape index (κ1) is 38.9. The van der Waals surface area contributed by atoms with E-state index in [0.717, 1.165) is 47.9 Å². The van der Waals surface area contributed by atoms with Crippen LogP contribution in [0, 0.1) is 5.92 Å². The van der Waals surface area contributed by atoms with Crippen LogP contribution < -0.4 is 0 Å². The highest BCUT2D eigenvalue weighted by atomic mass is 32.1. The second-order valence-corrected chi connectivity index (χ2v) is 16.1. The van der Waals surface area contributed by atoms with Crippen molar-refractivity contribution in [3.05, 3.63) is 164 Å². The van der Waals surface area contributed by atoms with Gasteiger partial charge in [-0.1, -0.05) is 125 Å². The number of alkyl halides is 6. The molecule has 0 radical (unpaired) electrons. The van der Waals surface area contributed by atoms with Crippen molar-refractivity contribution in [3.63, 3.8) is 0 Å². The summed E-state index contributed by atoms with van der Waals surface area (Å²) in [5.41, 5.74) is 2.21. The quantitative estimate of drug-likeness (QED) is 0.149. The van der Waals surface area contributed by atoms with Gasteiger partial charge in [0.25, 0.3) is 0 Å². The zero-order valence-electron chi connectivity index (χ0n) is 32.1. The van der Waals surface area contributed by atoms with Gasteiger partial charge >= 0.3 is 17.8 Å². The zero-order valence-corrected chi connectivity index (χ0v) is 32.9. The van der Waals surface area contributed by atoms with Gasteiger partial charge in [0.2, 0.25) is 0 Å². The summed E-state index contributed by atoms with van der Waals surface area (Å²) in [4.78, 5) is 0.859. The maximum Gasteiger partial charge on any atom is 0.380 e. The van der Waals surface area contributed by atoms with Gasteiger partial charge in [-0.15, -0.1) is 11.3 Å². The van der Waals surface area contributed by atoms with Crippen LogP contribution in [-0.2, 0) is 24.7 Å². The molecule has 2 unspecified atom stereocenters. The molecule has 0 amide bonds. The molecule has 2 atom stereocenters. The average molecular weight is 769 g/mol. The van der Waals surface area contributed by atoms with Gasteiger partial charge in [-0.3, -0.25) is 0 Å². The van der Waals surface area contributed by atoms with E-state index in [-0.39, 0.29) is 17.1 Å². The lowest BCUT2D eigenvalue weighted by Crippen LogP contribution is -2.49. The molecule has 1 aromatic heterocycles. The van der Waals surface area contributed by atoms with Crippen LogP contribution in [0.5, 0.6) is 0 Å². The van der Waals surface area contributed by atoms with E-state index in [0.29, 0.717) is 44.0 Å².